The Labute approximate surface area is 269 Å². The van der Waals surface area contributed by atoms with Crippen LogP contribution in [0.2, 0.25) is 10.0 Å². The number of fused-ring (bicyclic) bond motifs is 1. The Bertz CT molecular complexity index is 1890. The smallest absolute Gasteiger partial charge is 0.338 e. The molecule has 0 fully saturated rings. The van der Waals surface area contributed by atoms with Crippen LogP contribution in [0, 0.1) is 3.57 Å². The van der Waals surface area contributed by atoms with Gasteiger partial charge in [-0.05, 0) is 70.5 Å². The molecule has 2 heterocycles. The summed E-state index contributed by atoms with van der Waals surface area (Å²) in [6.45, 7) is 2.15. The van der Waals surface area contributed by atoms with E-state index in [0.717, 1.165) is 20.3 Å². The van der Waals surface area contributed by atoms with Crippen molar-refractivity contribution in [2.45, 2.75) is 26.0 Å². The van der Waals surface area contributed by atoms with Gasteiger partial charge in [0.2, 0.25) is 0 Å². The number of aromatic nitrogens is 1. The standard InChI is InChI=1S/C31H25Cl2IN2O5S/c1-4-23-26(30(38)40-3)27(18-8-6-5-7-9-18)36-29(37)25(42-31(36)35-23)14-17-12-22(34)28(24(13-17)39-2)41-16-19-10-11-20(32)15-21(19)33/h5-15,27H,4,16H2,1-3H3/b25-14-/t27-/m1/s1. The molecular weight excluding hydrogens is 710 g/mol. The molecular formula is C31H25Cl2IN2O5S. The van der Waals surface area contributed by atoms with Gasteiger partial charge in [-0.15, -0.1) is 0 Å². The lowest BCUT2D eigenvalue weighted by molar-refractivity contribution is -0.136. The first-order chi connectivity index (χ1) is 20.2. The van der Waals surface area contributed by atoms with E-state index in [2.05, 4.69) is 22.6 Å². The van der Waals surface area contributed by atoms with Crippen molar-refractivity contribution in [2.24, 2.45) is 4.99 Å². The minimum absolute atomic E-state index is 0.224. The summed E-state index contributed by atoms with van der Waals surface area (Å²) >= 11 is 15.8. The van der Waals surface area contributed by atoms with Gasteiger partial charge in [0, 0.05) is 15.6 Å². The van der Waals surface area contributed by atoms with E-state index in [4.69, 9.17) is 42.4 Å². The molecule has 216 valence electrons. The first-order valence-electron chi connectivity index (χ1n) is 12.9. The van der Waals surface area contributed by atoms with Crippen molar-refractivity contribution in [3.63, 3.8) is 0 Å². The Morgan fingerprint density at radius 1 is 1.12 bits per heavy atom. The number of carbonyl (C=O) groups is 1. The molecule has 0 radical (unpaired) electrons. The van der Waals surface area contributed by atoms with Gasteiger partial charge in [0.05, 0.1) is 39.6 Å². The van der Waals surface area contributed by atoms with Gasteiger partial charge >= 0.3 is 5.97 Å². The monoisotopic (exact) mass is 734 g/mol. The van der Waals surface area contributed by atoms with Crippen molar-refractivity contribution in [3.05, 3.63) is 122 Å². The molecule has 3 aromatic carbocycles. The Kier molecular flexibility index (Phi) is 9.41. The van der Waals surface area contributed by atoms with Crippen LogP contribution in [0.1, 0.15) is 36.1 Å². The molecule has 11 heteroatoms. The lowest BCUT2D eigenvalue weighted by Gasteiger charge is -2.25. The number of hydrogen-bond donors (Lipinski definition) is 0. The number of allylic oxidation sites excluding steroid dienone is 1. The molecule has 1 aromatic heterocycles. The highest BCUT2D eigenvalue weighted by Crippen LogP contribution is 2.36. The van der Waals surface area contributed by atoms with Crippen LogP contribution in [0.3, 0.4) is 0 Å². The minimum Gasteiger partial charge on any atom is -0.493 e. The van der Waals surface area contributed by atoms with Gasteiger partial charge in [0.1, 0.15) is 6.61 Å². The number of halogens is 3. The fourth-order valence-corrected chi connectivity index (χ4v) is 6.98. The number of benzene rings is 3. The summed E-state index contributed by atoms with van der Waals surface area (Å²) in [5.74, 6) is 0.560. The molecule has 42 heavy (non-hydrogen) atoms. The first kappa shape index (κ1) is 30.3. The van der Waals surface area contributed by atoms with E-state index in [0.29, 0.717) is 48.6 Å². The second-order valence-electron chi connectivity index (χ2n) is 9.26. The third kappa shape index (κ3) is 6.01. The predicted molar refractivity (Wildman–Crippen MR) is 173 cm³/mol. The van der Waals surface area contributed by atoms with E-state index in [9.17, 15) is 9.59 Å². The minimum atomic E-state index is -0.655. The number of carbonyl (C=O) groups excluding carboxylic acids is 1. The molecule has 0 saturated heterocycles. The molecule has 0 saturated carbocycles. The lowest BCUT2D eigenvalue weighted by atomic mass is 9.95. The highest BCUT2D eigenvalue weighted by Gasteiger charge is 2.33. The van der Waals surface area contributed by atoms with Crippen molar-refractivity contribution in [1.82, 2.24) is 4.57 Å². The maximum absolute atomic E-state index is 13.9. The van der Waals surface area contributed by atoms with E-state index in [-0.39, 0.29) is 12.2 Å². The van der Waals surface area contributed by atoms with Crippen molar-refractivity contribution >= 4 is 69.2 Å². The highest BCUT2D eigenvalue weighted by atomic mass is 127. The van der Waals surface area contributed by atoms with Crippen LogP contribution in [0.5, 0.6) is 11.5 Å². The molecule has 7 nitrogen and oxygen atoms in total. The summed E-state index contributed by atoms with van der Waals surface area (Å²) < 4.78 is 19.7. The summed E-state index contributed by atoms with van der Waals surface area (Å²) in [7, 11) is 2.90. The van der Waals surface area contributed by atoms with Crippen molar-refractivity contribution in [1.29, 1.82) is 0 Å². The van der Waals surface area contributed by atoms with Crippen LogP contribution in [-0.4, -0.2) is 24.8 Å². The lowest BCUT2D eigenvalue weighted by Crippen LogP contribution is -2.40. The van der Waals surface area contributed by atoms with Gasteiger partial charge in [0.15, 0.2) is 16.3 Å². The third-order valence-corrected chi connectivity index (χ3v) is 9.07. The zero-order valence-electron chi connectivity index (χ0n) is 22.8. The first-order valence-corrected chi connectivity index (χ1v) is 15.5. The Morgan fingerprint density at radius 2 is 1.88 bits per heavy atom. The van der Waals surface area contributed by atoms with Crippen molar-refractivity contribution in [2.75, 3.05) is 14.2 Å². The normalized spacial score (nSPS) is 14.8. The molecule has 0 N–H and O–H groups in total. The molecule has 0 aliphatic carbocycles. The van der Waals surface area contributed by atoms with E-state index < -0.39 is 12.0 Å². The molecule has 5 rings (SSSR count). The molecule has 1 aliphatic rings. The number of hydrogen-bond acceptors (Lipinski definition) is 7. The summed E-state index contributed by atoms with van der Waals surface area (Å²) in [4.78, 5) is 32.1. The molecule has 4 aromatic rings. The molecule has 0 amide bonds. The Morgan fingerprint density at radius 3 is 2.55 bits per heavy atom. The summed E-state index contributed by atoms with van der Waals surface area (Å²) in [5, 5.41) is 1.06. The van der Waals surface area contributed by atoms with Crippen LogP contribution < -0.4 is 24.4 Å². The SMILES string of the molecule is CCC1=C(C(=O)OC)[C@@H](c2ccccc2)n2c(s/c(=C\c3cc(I)c(OCc4ccc(Cl)cc4Cl)c(OC)c3)c2=O)=N1. The van der Waals surface area contributed by atoms with Gasteiger partial charge in [-0.25, -0.2) is 9.79 Å². The van der Waals surface area contributed by atoms with Crippen molar-refractivity contribution in [3.8, 4) is 11.5 Å². The van der Waals surface area contributed by atoms with Crippen LogP contribution in [0.25, 0.3) is 6.08 Å². The second kappa shape index (κ2) is 13.0. The number of methoxy groups -OCH3 is 2. The van der Waals surface area contributed by atoms with Gasteiger partial charge in [-0.1, -0.05) is 77.9 Å². The highest BCUT2D eigenvalue weighted by molar-refractivity contribution is 14.1. The summed E-state index contributed by atoms with van der Waals surface area (Å²) in [6.07, 6.45) is 2.31. The van der Waals surface area contributed by atoms with E-state index >= 15 is 0 Å². The van der Waals surface area contributed by atoms with Gasteiger partial charge < -0.3 is 14.2 Å². The van der Waals surface area contributed by atoms with Gasteiger partial charge in [0.25, 0.3) is 5.56 Å². The average Bonchev–Trinajstić information content (AvgIpc) is 3.30. The number of thiazole rings is 1. The second-order valence-corrected chi connectivity index (χ2v) is 12.3. The predicted octanol–water partition coefficient (Wildman–Crippen LogP) is 6.30. The molecule has 0 bridgehead atoms. The fraction of sp³-hybridized carbons (Fsp3) is 0.194. The van der Waals surface area contributed by atoms with Crippen LogP contribution in [-0.2, 0) is 16.1 Å². The number of nitrogens with zero attached hydrogens (tertiary/aromatic N) is 2. The largest absolute Gasteiger partial charge is 0.493 e. The number of esters is 1. The number of rotatable bonds is 8. The van der Waals surface area contributed by atoms with Gasteiger partial charge in [-0.3, -0.25) is 9.36 Å². The molecule has 1 aliphatic heterocycles. The Hall–Kier alpha value is -3.12. The zero-order valence-corrected chi connectivity index (χ0v) is 27.3. The third-order valence-electron chi connectivity index (χ3n) is 6.70. The fourth-order valence-electron chi connectivity index (χ4n) is 4.72. The molecule has 0 unspecified atom stereocenters. The summed E-state index contributed by atoms with van der Waals surface area (Å²) in [5.41, 5.74) is 3.04. The van der Waals surface area contributed by atoms with E-state index in [1.807, 2.05) is 55.5 Å². The van der Waals surface area contributed by atoms with E-state index in [1.165, 1.54) is 18.4 Å². The topological polar surface area (TPSA) is 79.1 Å². The number of ether oxygens (including phenoxy) is 3. The zero-order chi connectivity index (χ0) is 30.0. The quantitative estimate of drug-likeness (QED) is 0.157. The summed E-state index contributed by atoms with van der Waals surface area (Å²) in [6, 6.07) is 17.7. The van der Waals surface area contributed by atoms with Crippen LogP contribution in [0.4, 0.5) is 0 Å². The van der Waals surface area contributed by atoms with E-state index in [1.54, 1.807) is 29.9 Å². The molecule has 0 spiro atoms. The van der Waals surface area contributed by atoms with Crippen LogP contribution >= 0.6 is 57.1 Å². The maximum Gasteiger partial charge on any atom is 0.338 e. The van der Waals surface area contributed by atoms with Crippen molar-refractivity contribution < 1.29 is 19.0 Å². The van der Waals surface area contributed by atoms with Crippen LogP contribution in [0.15, 0.2) is 81.7 Å². The Balaban J connectivity index is 1.58. The van der Waals surface area contributed by atoms with Gasteiger partial charge in [-0.2, -0.15) is 0 Å². The average molecular weight is 735 g/mol. The maximum atomic E-state index is 13.9. The molecule has 1 atom stereocenters.